The number of alkyl halides is 1. The monoisotopic (exact) mass is 481 g/mol. The molecule has 0 N–H and O–H groups in total. The zero-order chi connectivity index (χ0) is 20.4. The Morgan fingerprint density at radius 1 is 0.821 bits per heavy atom. The van der Waals surface area contributed by atoms with Gasteiger partial charge in [-0.15, -0.1) is 0 Å². The molecule has 3 aromatic carbocycles. The van der Waals surface area contributed by atoms with E-state index in [2.05, 4.69) is 19.7 Å². The Bertz CT molecular complexity index is 1200. The quantitative estimate of drug-likeness (QED) is 0.473. The number of aryl methyl sites for hydroxylation is 1. The zero-order valence-electron chi connectivity index (χ0n) is 14.8. The Labute approximate surface area is 172 Å². The third-order valence-electron chi connectivity index (χ3n) is 4.04. The lowest BCUT2D eigenvalue weighted by Gasteiger charge is -2.17. The summed E-state index contributed by atoms with van der Waals surface area (Å²) in [6.07, 6.45) is 0. The Morgan fingerprint density at radius 2 is 1.39 bits per heavy atom. The van der Waals surface area contributed by atoms with Gasteiger partial charge in [-0.2, -0.15) is 8.42 Å². The van der Waals surface area contributed by atoms with Gasteiger partial charge >= 0.3 is 0 Å². The number of halogens is 2. The van der Waals surface area contributed by atoms with Crippen LogP contribution in [0, 0.1) is 6.92 Å². The van der Waals surface area contributed by atoms with Crippen LogP contribution in [0.2, 0.25) is 0 Å². The molecular formula is C20H17BrFNO3S2. The fourth-order valence-electron chi connectivity index (χ4n) is 2.55. The summed E-state index contributed by atoms with van der Waals surface area (Å²) in [6, 6.07) is 19.9. The van der Waals surface area contributed by atoms with Crippen LogP contribution in [0.15, 0.2) is 96.9 Å². The first-order valence-corrected chi connectivity index (χ1v) is 12.1. The lowest BCUT2D eigenvalue weighted by Crippen LogP contribution is -2.13. The van der Waals surface area contributed by atoms with Crippen LogP contribution in [-0.4, -0.2) is 12.6 Å². The predicted molar refractivity (Wildman–Crippen MR) is 112 cm³/mol. The summed E-state index contributed by atoms with van der Waals surface area (Å²) in [4.78, 5) is -0.130. The maximum absolute atomic E-state index is 15.6. The van der Waals surface area contributed by atoms with Gasteiger partial charge in [-0.3, -0.25) is 0 Å². The van der Waals surface area contributed by atoms with Crippen LogP contribution in [0.5, 0.6) is 0 Å². The highest BCUT2D eigenvalue weighted by molar-refractivity contribution is 9.10. The van der Waals surface area contributed by atoms with Crippen molar-refractivity contribution in [2.75, 3.05) is 0 Å². The summed E-state index contributed by atoms with van der Waals surface area (Å²) < 4.78 is 59.0. The highest BCUT2D eigenvalue weighted by Gasteiger charge is 2.31. The van der Waals surface area contributed by atoms with Crippen molar-refractivity contribution in [3.8, 4) is 0 Å². The third kappa shape index (κ3) is 4.19. The summed E-state index contributed by atoms with van der Waals surface area (Å²) in [5.41, 5.74) is -1.22. The van der Waals surface area contributed by atoms with E-state index in [1.54, 1.807) is 48.5 Å². The number of benzene rings is 3. The topological polar surface area (TPSA) is 63.6 Å². The van der Waals surface area contributed by atoms with Crippen LogP contribution in [0.25, 0.3) is 0 Å². The highest BCUT2D eigenvalue weighted by Crippen LogP contribution is 2.37. The second-order valence-corrected chi connectivity index (χ2v) is 11.0. The SMILES string of the molecule is Cc1ccc(S(=O)(=O)N=[S@@](=O)(c2ccccc2)[C@H](F)c2ccccc2Br)cc1. The average Bonchev–Trinajstić information content (AvgIpc) is 2.68. The first-order valence-electron chi connectivity index (χ1n) is 8.26. The van der Waals surface area contributed by atoms with Crippen LogP contribution < -0.4 is 0 Å². The predicted octanol–water partition coefficient (Wildman–Crippen LogP) is 5.64. The number of sulfonamides is 1. The fraction of sp³-hybridized carbons (Fsp3) is 0.100. The van der Waals surface area contributed by atoms with E-state index in [-0.39, 0.29) is 15.4 Å². The van der Waals surface area contributed by atoms with Crippen molar-refractivity contribution in [2.24, 2.45) is 3.77 Å². The molecule has 0 aliphatic heterocycles. The van der Waals surface area contributed by atoms with E-state index in [0.29, 0.717) is 4.47 Å². The molecule has 28 heavy (non-hydrogen) atoms. The Morgan fingerprint density at radius 3 is 2.00 bits per heavy atom. The highest BCUT2D eigenvalue weighted by atomic mass is 79.9. The van der Waals surface area contributed by atoms with Gasteiger partial charge in [0.1, 0.15) is 9.73 Å². The Kier molecular flexibility index (Phi) is 6.02. The number of rotatable bonds is 5. The molecule has 4 nitrogen and oxygen atoms in total. The van der Waals surface area contributed by atoms with E-state index in [9.17, 15) is 12.6 Å². The molecule has 0 aromatic heterocycles. The van der Waals surface area contributed by atoms with Gasteiger partial charge in [0.15, 0.2) is 0 Å². The normalized spacial score (nSPS) is 14.8. The van der Waals surface area contributed by atoms with E-state index in [0.717, 1.165) is 5.56 Å². The first-order chi connectivity index (χ1) is 13.2. The van der Waals surface area contributed by atoms with Gasteiger partial charge in [0.25, 0.3) is 10.0 Å². The molecule has 0 unspecified atom stereocenters. The summed E-state index contributed by atoms with van der Waals surface area (Å²) >= 11 is 3.24. The molecule has 3 rings (SSSR count). The molecule has 0 aliphatic rings. The summed E-state index contributed by atoms with van der Waals surface area (Å²) in [7, 11) is -8.35. The number of hydrogen-bond acceptors (Lipinski definition) is 3. The number of nitrogens with zero attached hydrogens (tertiary/aromatic N) is 1. The summed E-state index contributed by atoms with van der Waals surface area (Å²) in [5, 5.41) is 0. The molecule has 0 aliphatic carbocycles. The van der Waals surface area contributed by atoms with Gasteiger partial charge in [0.05, 0.1) is 9.79 Å². The van der Waals surface area contributed by atoms with E-state index >= 15 is 4.39 Å². The van der Waals surface area contributed by atoms with Crippen LogP contribution in [-0.2, 0) is 19.8 Å². The smallest absolute Gasteiger partial charge is 0.240 e. The molecule has 8 heteroatoms. The minimum atomic E-state index is -4.35. The Balaban J connectivity index is 2.26. The van der Waals surface area contributed by atoms with E-state index in [4.69, 9.17) is 0 Å². The van der Waals surface area contributed by atoms with Gasteiger partial charge in [0.2, 0.25) is 5.50 Å². The minimum Gasteiger partial charge on any atom is -0.240 e. The fourth-order valence-corrected chi connectivity index (χ4v) is 7.16. The van der Waals surface area contributed by atoms with Crippen molar-refractivity contribution in [3.05, 3.63) is 94.5 Å². The molecule has 3 aromatic rings. The van der Waals surface area contributed by atoms with Crippen LogP contribution in [0.1, 0.15) is 16.6 Å². The second-order valence-electron chi connectivity index (χ2n) is 6.08. The van der Waals surface area contributed by atoms with Crippen molar-refractivity contribution in [3.63, 3.8) is 0 Å². The van der Waals surface area contributed by atoms with Crippen LogP contribution >= 0.6 is 15.9 Å². The maximum Gasteiger partial charge on any atom is 0.290 e. The summed E-state index contributed by atoms with van der Waals surface area (Å²) in [6.45, 7) is 1.81. The van der Waals surface area contributed by atoms with Gasteiger partial charge in [-0.25, -0.2) is 8.60 Å². The minimum absolute atomic E-state index is 0.00828. The van der Waals surface area contributed by atoms with Gasteiger partial charge in [0, 0.05) is 10.0 Å². The molecule has 0 fully saturated rings. The molecule has 0 amide bonds. The molecule has 0 bridgehead atoms. The van der Waals surface area contributed by atoms with Crippen LogP contribution in [0.3, 0.4) is 0 Å². The summed E-state index contributed by atoms with van der Waals surface area (Å²) in [5.74, 6) is 0. The zero-order valence-corrected chi connectivity index (χ0v) is 18.0. The molecule has 2 atom stereocenters. The standard InChI is InChI=1S/C20H17BrFNO3S2/c1-15-11-13-17(14-12-15)28(25,26)23-27(24,16-7-3-2-4-8-16)20(22)18-9-5-6-10-19(18)21/h2-14,20H,1H3/t20-,27+/m0/s1. The maximum atomic E-state index is 15.6. The molecule has 0 saturated carbocycles. The van der Waals surface area contributed by atoms with Crippen molar-refractivity contribution in [1.29, 1.82) is 0 Å². The molecule has 0 spiro atoms. The van der Waals surface area contributed by atoms with Crippen LogP contribution in [0.4, 0.5) is 4.39 Å². The lowest BCUT2D eigenvalue weighted by molar-refractivity contribution is 0.449. The van der Waals surface area contributed by atoms with E-state index in [1.807, 2.05) is 6.92 Å². The van der Waals surface area contributed by atoms with Crippen molar-refractivity contribution in [2.45, 2.75) is 22.2 Å². The third-order valence-corrected chi connectivity index (χ3v) is 9.06. The second kappa shape index (κ2) is 8.14. The average molecular weight is 482 g/mol. The molecule has 0 radical (unpaired) electrons. The van der Waals surface area contributed by atoms with E-state index in [1.165, 1.54) is 30.3 Å². The van der Waals surface area contributed by atoms with Crippen molar-refractivity contribution < 1.29 is 17.0 Å². The molecule has 0 heterocycles. The van der Waals surface area contributed by atoms with Crippen molar-refractivity contribution in [1.82, 2.24) is 0 Å². The molecule has 146 valence electrons. The lowest BCUT2D eigenvalue weighted by atomic mass is 10.2. The first kappa shape index (κ1) is 20.7. The molecular weight excluding hydrogens is 465 g/mol. The van der Waals surface area contributed by atoms with E-state index < -0.39 is 25.3 Å². The Hall–Kier alpha value is -2.03. The molecule has 0 saturated heterocycles. The van der Waals surface area contributed by atoms with Gasteiger partial charge < -0.3 is 0 Å². The number of hydrogen-bond donors (Lipinski definition) is 0. The van der Waals surface area contributed by atoms with Gasteiger partial charge in [-0.05, 0) is 37.3 Å². The van der Waals surface area contributed by atoms with Gasteiger partial charge in [-0.1, -0.05) is 73.8 Å². The largest absolute Gasteiger partial charge is 0.290 e. The van der Waals surface area contributed by atoms with Crippen molar-refractivity contribution >= 4 is 35.7 Å².